The highest BCUT2D eigenvalue weighted by Crippen LogP contribution is 2.18. The van der Waals surface area contributed by atoms with Crippen LogP contribution in [0.2, 0.25) is 5.02 Å². The molecular formula is C11H16ClN5O3. The summed E-state index contributed by atoms with van der Waals surface area (Å²) in [5.74, 6) is 4.67. The quantitative estimate of drug-likeness (QED) is 0.307. The third-order valence-corrected chi connectivity index (χ3v) is 2.57. The second kappa shape index (κ2) is 8.31. The number of carbonyl (C=O) groups is 2. The molecule has 0 atom stereocenters. The number of carbonyl (C=O) groups excluding carboxylic acids is 2. The summed E-state index contributed by atoms with van der Waals surface area (Å²) in [6.07, 6.45) is 1.30. The lowest BCUT2D eigenvalue weighted by Gasteiger charge is -2.07. The highest BCUT2D eigenvalue weighted by molar-refractivity contribution is 6.33. The lowest BCUT2D eigenvalue weighted by atomic mass is 10.2. The van der Waals surface area contributed by atoms with Crippen LogP contribution >= 0.6 is 11.6 Å². The monoisotopic (exact) mass is 301 g/mol. The van der Waals surface area contributed by atoms with Gasteiger partial charge in [0, 0.05) is 19.9 Å². The number of nitrogen functional groups attached to an aromatic ring is 1. The Hall–Kier alpha value is -1.90. The summed E-state index contributed by atoms with van der Waals surface area (Å²) < 4.78 is 4.78. The summed E-state index contributed by atoms with van der Waals surface area (Å²) in [5, 5.41) is 5.23. The van der Waals surface area contributed by atoms with Crippen molar-refractivity contribution in [2.45, 2.75) is 0 Å². The number of methoxy groups -OCH3 is 1. The largest absolute Gasteiger partial charge is 0.383 e. The molecule has 0 spiro atoms. The lowest BCUT2D eigenvalue weighted by Crippen LogP contribution is -2.38. The van der Waals surface area contributed by atoms with Gasteiger partial charge in [-0.1, -0.05) is 11.6 Å². The molecule has 0 aromatic carbocycles. The number of nitrogens with one attached hydrogen (secondary N) is 3. The minimum absolute atomic E-state index is 0.142. The molecule has 1 rings (SSSR count). The van der Waals surface area contributed by atoms with Crippen molar-refractivity contribution < 1.29 is 14.3 Å². The van der Waals surface area contributed by atoms with Crippen LogP contribution in [0, 0.1) is 0 Å². The molecule has 110 valence electrons. The predicted octanol–water partition coefficient (Wildman–Crippen LogP) is -0.487. The van der Waals surface area contributed by atoms with Crippen LogP contribution in [0.3, 0.4) is 0 Å². The van der Waals surface area contributed by atoms with Crippen molar-refractivity contribution >= 4 is 29.2 Å². The normalized spacial score (nSPS) is 9.95. The molecule has 0 saturated heterocycles. The summed E-state index contributed by atoms with van der Waals surface area (Å²) in [4.78, 5) is 27.0. The zero-order valence-electron chi connectivity index (χ0n) is 10.9. The Morgan fingerprint density at radius 2 is 2.20 bits per heavy atom. The molecule has 8 nitrogen and oxygen atoms in total. The first-order valence-corrected chi connectivity index (χ1v) is 6.12. The average Bonchev–Trinajstić information content (AvgIpc) is 2.45. The Labute approximate surface area is 121 Å². The number of nitrogens with zero attached hydrogens (tertiary/aromatic N) is 1. The summed E-state index contributed by atoms with van der Waals surface area (Å²) >= 11 is 5.84. The summed E-state index contributed by atoms with van der Waals surface area (Å²) in [5.41, 5.74) is 2.52. The van der Waals surface area contributed by atoms with Gasteiger partial charge in [-0.3, -0.25) is 9.59 Å². The summed E-state index contributed by atoms with van der Waals surface area (Å²) in [7, 11) is 1.53. The maximum Gasteiger partial charge on any atom is 0.253 e. The van der Waals surface area contributed by atoms with Gasteiger partial charge in [0.05, 0.1) is 23.7 Å². The van der Waals surface area contributed by atoms with Gasteiger partial charge >= 0.3 is 0 Å². The number of hydrogen-bond donors (Lipinski definition) is 4. The standard InChI is InChI=1S/C11H16ClN5O3/c1-20-3-2-14-9(18)6-16-11(19)7-4-8(12)10(17-13)15-5-7/h4-5H,2-3,6,13H2,1H3,(H,14,18)(H,15,17)(H,16,19). The van der Waals surface area contributed by atoms with Crippen LogP contribution < -0.4 is 21.9 Å². The fourth-order valence-electron chi connectivity index (χ4n) is 1.29. The van der Waals surface area contributed by atoms with Gasteiger partial charge in [-0.2, -0.15) is 0 Å². The van der Waals surface area contributed by atoms with Gasteiger partial charge in [0.2, 0.25) is 5.91 Å². The Kier molecular flexibility index (Phi) is 6.71. The number of hydrogen-bond acceptors (Lipinski definition) is 6. The first kappa shape index (κ1) is 16.2. The molecule has 0 aliphatic heterocycles. The number of nitrogens with two attached hydrogens (primary N) is 1. The van der Waals surface area contributed by atoms with Crippen molar-refractivity contribution in [3.8, 4) is 0 Å². The van der Waals surface area contributed by atoms with Crippen molar-refractivity contribution in [1.82, 2.24) is 15.6 Å². The molecule has 0 aliphatic rings. The first-order chi connectivity index (χ1) is 9.58. The number of halogens is 1. The second-order valence-corrected chi connectivity index (χ2v) is 4.13. The predicted molar refractivity (Wildman–Crippen MR) is 74.3 cm³/mol. The molecule has 1 heterocycles. The molecule has 2 amide bonds. The Morgan fingerprint density at radius 1 is 1.45 bits per heavy atom. The highest BCUT2D eigenvalue weighted by atomic mass is 35.5. The minimum Gasteiger partial charge on any atom is -0.383 e. The van der Waals surface area contributed by atoms with Gasteiger partial charge in [-0.05, 0) is 6.07 Å². The number of aromatic nitrogens is 1. The van der Waals surface area contributed by atoms with Gasteiger partial charge in [-0.15, -0.1) is 0 Å². The Bertz CT molecular complexity index is 483. The van der Waals surface area contributed by atoms with E-state index < -0.39 is 5.91 Å². The fourth-order valence-corrected chi connectivity index (χ4v) is 1.51. The highest BCUT2D eigenvalue weighted by Gasteiger charge is 2.10. The molecule has 0 aliphatic carbocycles. The van der Waals surface area contributed by atoms with E-state index in [0.717, 1.165) is 0 Å². The molecule has 0 saturated carbocycles. The molecule has 0 unspecified atom stereocenters. The number of hydrazine groups is 1. The molecule has 9 heteroatoms. The molecular weight excluding hydrogens is 286 g/mol. The minimum atomic E-state index is -0.454. The van der Waals surface area contributed by atoms with Crippen molar-refractivity contribution in [3.05, 3.63) is 22.8 Å². The third-order valence-electron chi connectivity index (χ3n) is 2.28. The van der Waals surface area contributed by atoms with E-state index in [1.54, 1.807) is 0 Å². The third kappa shape index (κ3) is 5.00. The number of ether oxygens (including phenoxy) is 1. The van der Waals surface area contributed by atoms with Gasteiger partial charge in [-0.25, -0.2) is 10.8 Å². The van der Waals surface area contributed by atoms with Crippen LogP contribution in [-0.2, 0) is 9.53 Å². The van der Waals surface area contributed by atoms with Crippen LogP contribution in [-0.4, -0.2) is 43.6 Å². The SMILES string of the molecule is COCCNC(=O)CNC(=O)c1cnc(NN)c(Cl)c1. The van der Waals surface area contributed by atoms with Crippen molar-refractivity contribution in [2.75, 3.05) is 32.2 Å². The number of rotatable bonds is 7. The van der Waals surface area contributed by atoms with E-state index in [1.807, 2.05) is 0 Å². The molecule has 5 N–H and O–H groups in total. The van der Waals surface area contributed by atoms with E-state index in [0.29, 0.717) is 13.2 Å². The average molecular weight is 302 g/mol. The molecule has 20 heavy (non-hydrogen) atoms. The van der Waals surface area contributed by atoms with Crippen molar-refractivity contribution in [2.24, 2.45) is 5.84 Å². The maximum atomic E-state index is 11.8. The number of anilines is 1. The summed E-state index contributed by atoms with van der Waals surface area (Å²) in [6.45, 7) is 0.652. The first-order valence-electron chi connectivity index (χ1n) is 5.74. The molecule has 0 fully saturated rings. The van der Waals surface area contributed by atoms with E-state index in [-0.39, 0.29) is 28.9 Å². The molecule has 0 radical (unpaired) electrons. The van der Waals surface area contributed by atoms with Crippen molar-refractivity contribution in [3.63, 3.8) is 0 Å². The van der Waals surface area contributed by atoms with E-state index in [4.69, 9.17) is 22.2 Å². The van der Waals surface area contributed by atoms with Crippen LogP contribution in [0.5, 0.6) is 0 Å². The molecule has 1 aromatic rings. The van der Waals surface area contributed by atoms with Gasteiger partial charge in [0.1, 0.15) is 0 Å². The van der Waals surface area contributed by atoms with E-state index in [1.165, 1.54) is 19.4 Å². The second-order valence-electron chi connectivity index (χ2n) is 3.72. The zero-order valence-corrected chi connectivity index (χ0v) is 11.7. The Balaban J connectivity index is 2.46. The van der Waals surface area contributed by atoms with Gasteiger partial charge < -0.3 is 20.8 Å². The van der Waals surface area contributed by atoms with Crippen LogP contribution in [0.15, 0.2) is 12.3 Å². The van der Waals surface area contributed by atoms with Crippen LogP contribution in [0.4, 0.5) is 5.82 Å². The van der Waals surface area contributed by atoms with E-state index in [9.17, 15) is 9.59 Å². The number of pyridine rings is 1. The molecule has 0 bridgehead atoms. The van der Waals surface area contributed by atoms with E-state index in [2.05, 4.69) is 21.0 Å². The van der Waals surface area contributed by atoms with Crippen molar-refractivity contribution in [1.29, 1.82) is 0 Å². The zero-order chi connectivity index (χ0) is 15.0. The van der Waals surface area contributed by atoms with Gasteiger partial charge in [0.15, 0.2) is 5.82 Å². The lowest BCUT2D eigenvalue weighted by molar-refractivity contribution is -0.120. The fraction of sp³-hybridized carbons (Fsp3) is 0.364. The van der Waals surface area contributed by atoms with Crippen LogP contribution in [0.25, 0.3) is 0 Å². The van der Waals surface area contributed by atoms with Gasteiger partial charge in [0.25, 0.3) is 5.91 Å². The smallest absolute Gasteiger partial charge is 0.253 e. The molecule has 1 aromatic heterocycles. The summed E-state index contributed by atoms with van der Waals surface area (Å²) in [6, 6.07) is 1.40. The topological polar surface area (TPSA) is 118 Å². The maximum absolute atomic E-state index is 11.8. The number of amides is 2. The Morgan fingerprint density at radius 3 is 2.80 bits per heavy atom. The van der Waals surface area contributed by atoms with E-state index >= 15 is 0 Å². The van der Waals surface area contributed by atoms with Crippen LogP contribution in [0.1, 0.15) is 10.4 Å².